The van der Waals surface area contributed by atoms with Crippen molar-refractivity contribution < 1.29 is 14.7 Å². The van der Waals surface area contributed by atoms with Gasteiger partial charge in [0.1, 0.15) is 0 Å². The number of hydrogen-bond donors (Lipinski definition) is 3. The lowest BCUT2D eigenvalue weighted by atomic mass is 10.1. The van der Waals surface area contributed by atoms with Crippen LogP contribution in [-0.2, 0) is 0 Å². The Morgan fingerprint density at radius 1 is 1.14 bits per heavy atom. The van der Waals surface area contributed by atoms with Gasteiger partial charge in [0, 0.05) is 11.6 Å². The van der Waals surface area contributed by atoms with Crippen LogP contribution in [0.4, 0.5) is 5.95 Å². The van der Waals surface area contributed by atoms with Crippen molar-refractivity contribution in [2.24, 2.45) is 5.73 Å². The molecule has 1 heterocycles. The first-order valence-electron chi connectivity index (χ1n) is 9.33. The van der Waals surface area contributed by atoms with Gasteiger partial charge in [-0.3, -0.25) is 10.1 Å². The number of imidazole rings is 1. The van der Waals surface area contributed by atoms with E-state index in [4.69, 9.17) is 10.8 Å². The maximum absolute atomic E-state index is 12.7. The van der Waals surface area contributed by atoms with Crippen molar-refractivity contribution in [3.05, 3.63) is 59.7 Å². The van der Waals surface area contributed by atoms with Gasteiger partial charge in [-0.2, -0.15) is 0 Å². The summed E-state index contributed by atoms with van der Waals surface area (Å²) < 4.78 is 2.02. The fourth-order valence-corrected chi connectivity index (χ4v) is 3.26. The molecule has 0 spiro atoms. The first kappa shape index (κ1) is 19.6. The number of carboxylic acids is 1. The van der Waals surface area contributed by atoms with E-state index in [9.17, 15) is 9.59 Å². The molecule has 2 aromatic carbocycles. The molecule has 1 amide bonds. The number of aromatic nitrogens is 2. The summed E-state index contributed by atoms with van der Waals surface area (Å²) in [6, 6.07) is 13.8. The third kappa shape index (κ3) is 4.20. The second-order valence-electron chi connectivity index (χ2n) is 6.77. The van der Waals surface area contributed by atoms with E-state index in [1.807, 2.05) is 28.8 Å². The largest absolute Gasteiger partial charge is 0.478 e. The number of unbranched alkanes of at least 4 members (excludes halogenated alkanes) is 1. The molecular weight excluding hydrogens is 356 g/mol. The molecule has 7 nitrogen and oxygen atoms in total. The third-order valence-electron chi connectivity index (χ3n) is 4.71. The van der Waals surface area contributed by atoms with Gasteiger partial charge < -0.3 is 15.4 Å². The van der Waals surface area contributed by atoms with E-state index in [1.165, 1.54) is 12.1 Å². The van der Waals surface area contributed by atoms with E-state index in [1.54, 1.807) is 12.1 Å². The van der Waals surface area contributed by atoms with Gasteiger partial charge in [0.25, 0.3) is 5.91 Å². The minimum absolute atomic E-state index is 0.0660. The molecule has 0 aliphatic rings. The van der Waals surface area contributed by atoms with Crippen molar-refractivity contribution in [2.45, 2.75) is 32.2 Å². The van der Waals surface area contributed by atoms with Crippen LogP contribution in [0.2, 0.25) is 0 Å². The molecule has 7 heteroatoms. The van der Waals surface area contributed by atoms with Gasteiger partial charge in [-0.15, -0.1) is 0 Å². The Balaban J connectivity index is 1.91. The zero-order valence-electron chi connectivity index (χ0n) is 15.8. The number of hydrogen-bond acceptors (Lipinski definition) is 4. The van der Waals surface area contributed by atoms with Crippen LogP contribution in [-0.4, -0.2) is 33.1 Å². The second-order valence-corrected chi connectivity index (χ2v) is 6.77. The fourth-order valence-electron chi connectivity index (χ4n) is 3.26. The number of rotatable bonds is 8. The summed E-state index contributed by atoms with van der Waals surface area (Å²) in [5.41, 5.74) is 7.67. The lowest BCUT2D eigenvalue weighted by molar-refractivity contribution is 0.0697. The topological polar surface area (TPSA) is 110 Å². The highest BCUT2D eigenvalue weighted by Crippen LogP contribution is 2.27. The maximum atomic E-state index is 12.7. The van der Waals surface area contributed by atoms with Gasteiger partial charge in [-0.25, -0.2) is 9.78 Å². The van der Waals surface area contributed by atoms with Crippen molar-refractivity contribution in [3.63, 3.8) is 0 Å². The highest BCUT2D eigenvalue weighted by Gasteiger charge is 2.18. The molecule has 1 unspecified atom stereocenters. The summed E-state index contributed by atoms with van der Waals surface area (Å²) in [6.07, 6.45) is 2.84. The Labute approximate surface area is 163 Å². The molecule has 4 N–H and O–H groups in total. The first-order chi connectivity index (χ1) is 13.5. The number of aromatic carboxylic acids is 1. The average Bonchev–Trinajstić information content (AvgIpc) is 3.06. The standard InChI is InChI=1S/C21H24N4O3/c1-14(7-4-5-12-22)25-18-11-3-2-10-17(18)23-21(25)24-19(26)15-8-6-9-16(13-15)20(27)28/h2-3,6,8-11,13-14H,4-5,7,12,22H2,1H3,(H,27,28)(H,23,24,26). The van der Waals surface area contributed by atoms with Crippen molar-refractivity contribution >= 4 is 28.9 Å². The predicted molar refractivity (Wildman–Crippen MR) is 109 cm³/mol. The second kappa shape index (κ2) is 8.67. The van der Waals surface area contributed by atoms with Crippen molar-refractivity contribution in [3.8, 4) is 0 Å². The van der Waals surface area contributed by atoms with E-state index in [2.05, 4.69) is 17.2 Å². The molecule has 0 bridgehead atoms. The maximum Gasteiger partial charge on any atom is 0.335 e. The summed E-state index contributed by atoms with van der Waals surface area (Å²) in [7, 11) is 0. The van der Waals surface area contributed by atoms with Crippen LogP contribution in [0, 0.1) is 0 Å². The van der Waals surface area contributed by atoms with Gasteiger partial charge >= 0.3 is 5.97 Å². The van der Waals surface area contributed by atoms with Crippen LogP contribution < -0.4 is 11.1 Å². The van der Waals surface area contributed by atoms with Gasteiger partial charge in [-0.05, 0) is 56.6 Å². The Morgan fingerprint density at radius 3 is 2.64 bits per heavy atom. The summed E-state index contributed by atoms with van der Waals surface area (Å²) in [5.74, 6) is -1.02. The third-order valence-corrected chi connectivity index (χ3v) is 4.71. The lowest BCUT2D eigenvalue weighted by Gasteiger charge is -2.18. The van der Waals surface area contributed by atoms with Crippen LogP contribution in [0.15, 0.2) is 48.5 Å². The minimum Gasteiger partial charge on any atom is -0.478 e. The molecule has 0 saturated carbocycles. The number of nitrogens with two attached hydrogens (primary N) is 1. The first-order valence-corrected chi connectivity index (χ1v) is 9.33. The number of carbonyl (C=O) groups is 2. The SMILES string of the molecule is CC(CCCCN)n1c(NC(=O)c2cccc(C(=O)O)c2)nc2ccccc21. The quantitative estimate of drug-likeness (QED) is 0.516. The van der Waals surface area contributed by atoms with E-state index in [-0.39, 0.29) is 17.2 Å². The molecule has 0 aliphatic carbocycles. The molecule has 1 aromatic heterocycles. The highest BCUT2D eigenvalue weighted by atomic mass is 16.4. The molecule has 1 atom stereocenters. The zero-order valence-corrected chi connectivity index (χ0v) is 15.8. The molecule has 3 rings (SSSR count). The number of fused-ring (bicyclic) bond motifs is 1. The fraction of sp³-hybridized carbons (Fsp3) is 0.286. The van der Waals surface area contributed by atoms with Crippen molar-refractivity contribution in [1.29, 1.82) is 0 Å². The van der Waals surface area contributed by atoms with Crippen molar-refractivity contribution in [1.82, 2.24) is 9.55 Å². The molecule has 146 valence electrons. The lowest BCUT2D eigenvalue weighted by Crippen LogP contribution is -2.18. The minimum atomic E-state index is -1.07. The molecule has 0 aliphatic heterocycles. The summed E-state index contributed by atoms with van der Waals surface area (Å²) in [5, 5.41) is 12.0. The van der Waals surface area contributed by atoms with Gasteiger partial charge in [0.15, 0.2) is 0 Å². The zero-order chi connectivity index (χ0) is 20.1. The van der Waals surface area contributed by atoms with Crippen LogP contribution in [0.5, 0.6) is 0 Å². The highest BCUT2D eigenvalue weighted by molar-refractivity contribution is 6.05. The Kier molecular flexibility index (Phi) is 6.06. The van der Waals surface area contributed by atoms with Crippen LogP contribution in [0.25, 0.3) is 11.0 Å². The molecule has 3 aromatic rings. The molecule has 0 fully saturated rings. The molecule has 0 radical (unpaired) electrons. The summed E-state index contributed by atoms with van der Waals surface area (Å²) in [4.78, 5) is 28.5. The number of amides is 1. The number of benzene rings is 2. The smallest absolute Gasteiger partial charge is 0.335 e. The van der Waals surface area contributed by atoms with Gasteiger partial charge in [-0.1, -0.05) is 24.6 Å². The average molecular weight is 380 g/mol. The van der Waals surface area contributed by atoms with E-state index in [0.717, 1.165) is 30.3 Å². The molecular formula is C21H24N4O3. The number of carbonyl (C=O) groups excluding carboxylic acids is 1. The van der Waals surface area contributed by atoms with Crippen LogP contribution >= 0.6 is 0 Å². The number of anilines is 1. The van der Waals surface area contributed by atoms with Gasteiger partial charge in [0.2, 0.25) is 5.95 Å². The molecule has 0 saturated heterocycles. The number of para-hydroxylation sites is 2. The summed E-state index contributed by atoms with van der Waals surface area (Å²) in [6.45, 7) is 2.74. The monoisotopic (exact) mass is 380 g/mol. The van der Waals surface area contributed by atoms with Crippen molar-refractivity contribution in [2.75, 3.05) is 11.9 Å². The normalized spacial score (nSPS) is 12.1. The number of nitrogens with zero attached hydrogens (tertiary/aromatic N) is 2. The van der Waals surface area contributed by atoms with E-state index in [0.29, 0.717) is 12.5 Å². The Morgan fingerprint density at radius 2 is 1.89 bits per heavy atom. The predicted octanol–water partition coefficient (Wildman–Crippen LogP) is 3.68. The van der Waals surface area contributed by atoms with Crippen LogP contribution in [0.1, 0.15) is 52.9 Å². The van der Waals surface area contributed by atoms with E-state index < -0.39 is 11.9 Å². The Hall–Kier alpha value is -3.19. The number of carboxylic acid groups (broad SMARTS) is 1. The number of nitrogens with one attached hydrogen (secondary N) is 1. The van der Waals surface area contributed by atoms with Crippen LogP contribution in [0.3, 0.4) is 0 Å². The van der Waals surface area contributed by atoms with Gasteiger partial charge in [0.05, 0.1) is 16.6 Å². The summed E-state index contributed by atoms with van der Waals surface area (Å²) >= 11 is 0. The molecule has 28 heavy (non-hydrogen) atoms. The van der Waals surface area contributed by atoms with E-state index >= 15 is 0 Å². The Bertz CT molecular complexity index is 996.